The van der Waals surface area contributed by atoms with Crippen LogP contribution in [0.5, 0.6) is 0 Å². The molecule has 0 aliphatic carbocycles. The van der Waals surface area contributed by atoms with Crippen LogP contribution in [0, 0.1) is 0 Å². The molecule has 0 aliphatic rings. The van der Waals surface area contributed by atoms with Gasteiger partial charge in [-0.3, -0.25) is 4.57 Å². The van der Waals surface area contributed by atoms with Crippen LogP contribution in [-0.4, -0.2) is 21.9 Å². The van der Waals surface area contributed by atoms with Gasteiger partial charge >= 0.3 is 13.6 Å². The molecule has 9 heavy (non-hydrogen) atoms. The van der Waals surface area contributed by atoms with E-state index in [4.69, 9.17) is 9.79 Å². The third-order valence-electron chi connectivity index (χ3n) is 0.467. The van der Waals surface area contributed by atoms with Crippen molar-refractivity contribution in [3.63, 3.8) is 0 Å². The first-order valence-corrected chi connectivity index (χ1v) is 3.69. The Morgan fingerprint density at radius 1 is 1.67 bits per heavy atom. The molecule has 6 nitrogen and oxygen atoms in total. The number of carbonyl (C=O) groups excluding carboxylic acids is 1. The molecule has 0 amide bonds. The average Bonchev–Trinajstić information content (AvgIpc) is 1.62. The molecule has 7 heteroatoms. The van der Waals surface area contributed by atoms with Crippen LogP contribution >= 0.6 is 7.60 Å². The van der Waals surface area contributed by atoms with Gasteiger partial charge in [-0.15, -0.1) is 0 Å². The summed E-state index contributed by atoms with van der Waals surface area (Å²) in [6, 6.07) is 0. The summed E-state index contributed by atoms with van der Waals surface area (Å²) in [5.74, 6) is 3.16. The van der Waals surface area contributed by atoms with Crippen LogP contribution < -0.4 is 5.90 Å². The SMILES string of the molecule is NOC(=O)CP(=O)(O)O. The van der Waals surface area contributed by atoms with Crippen LogP contribution in [0.25, 0.3) is 0 Å². The molecular formula is C2H6NO5P. The number of rotatable bonds is 2. The van der Waals surface area contributed by atoms with Crippen molar-refractivity contribution >= 4 is 13.6 Å². The van der Waals surface area contributed by atoms with Crippen molar-refractivity contribution in [3.05, 3.63) is 0 Å². The maximum absolute atomic E-state index is 9.99. The summed E-state index contributed by atoms with van der Waals surface area (Å²) in [4.78, 5) is 29.6. The predicted molar refractivity (Wildman–Crippen MR) is 27.2 cm³/mol. The monoisotopic (exact) mass is 155 g/mol. The summed E-state index contributed by atoms with van der Waals surface area (Å²) < 4.78 is 9.94. The number of carbonyl (C=O) groups is 1. The van der Waals surface area contributed by atoms with E-state index in [9.17, 15) is 9.36 Å². The van der Waals surface area contributed by atoms with Crippen molar-refractivity contribution in [2.24, 2.45) is 5.90 Å². The Bertz CT molecular complexity index is 149. The molecule has 0 radical (unpaired) electrons. The molecule has 0 spiro atoms. The van der Waals surface area contributed by atoms with Gasteiger partial charge in [-0.25, -0.2) is 4.79 Å². The fourth-order valence-electron chi connectivity index (χ4n) is 0.205. The lowest BCUT2D eigenvalue weighted by Crippen LogP contribution is -2.13. The van der Waals surface area contributed by atoms with Gasteiger partial charge in [-0.05, 0) is 0 Å². The second-order valence-electron chi connectivity index (χ2n) is 1.31. The quantitative estimate of drug-likeness (QED) is 0.333. The second-order valence-corrected chi connectivity index (χ2v) is 2.96. The molecule has 0 rings (SSSR count). The Kier molecular flexibility index (Phi) is 2.80. The Morgan fingerprint density at radius 3 is 2.22 bits per heavy atom. The third-order valence-corrected chi connectivity index (χ3v) is 1.14. The maximum Gasteiger partial charge on any atom is 0.336 e. The van der Waals surface area contributed by atoms with E-state index in [0.717, 1.165) is 0 Å². The average molecular weight is 155 g/mol. The zero-order chi connectivity index (χ0) is 7.49. The molecule has 4 N–H and O–H groups in total. The number of hydrogen-bond donors (Lipinski definition) is 3. The van der Waals surface area contributed by atoms with Crippen LogP contribution in [0.2, 0.25) is 0 Å². The Hall–Kier alpha value is -0.420. The smallest absolute Gasteiger partial charge is 0.336 e. The van der Waals surface area contributed by atoms with Crippen LogP contribution in [-0.2, 0) is 14.2 Å². The van der Waals surface area contributed by atoms with Crippen LogP contribution in [0.1, 0.15) is 0 Å². The molecule has 0 unspecified atom stereocenters. The van der Waals surface area contributed by atoms with Crippen LogP contribution in [0.3, 0.4) is 0 Å². The van der Waals surface area contributed by atoms with Crippen LogP contribution in [0.15, 0.2) is 0 Å². The maximum atomic E-state index is 9.99. The van der Waals surface area contributed by atoms with Crippen molar-refractivity contribution in [2.75, 3.05) is 6.16 Å². The Labute approximate surface area is 50.7 Å². The van der Waals surface area contributed by atoms with E-state index in [1.807, 2.05) is 0 Å². The minimum absolute atomic E-state index is 0.969. The minimum atomic E-state index is -4.29. The summed E-state index contributed by atoms with van der Waals surface area (Å²) in [7, 11) is -4.29. The lowest BCUT2D eigenvalue weighted by Gasteiger charge is -1.98. The molecule has 0 fully saturated rings. The first-order valence-electron chi connectivity index (χ1n) is 1.90. The summed E-state index contributed by atoms with van der Waals surface area (Å²) >= 11 is 0. The molecule has 0 saturated carbocycles. The number of hydrogen-bond acceptors (Lipinski definition) is 4. The van der Waals surface area contributed by atoms with E-state index in [1.165, 1.54) is 0 Å². The van der Waals surface area contributed by atoms with Gasteiger partial charge in [-0.2, -0.15) is 5.90 Å². The first-order chi connectivity index (χ1) is 3.95. The standard InChI is InChI=1S/C2H6NO5P/c3-8-2(4)1-9(5,6)7/h1,3H2,(H2,5,6,7). The highest BCUT2D eigenvalue weighted by molar-refractivity contribution is 7.52. The van der Waals surface area contributed by atoms with E-state index in [0.29, 0.717) is 0 Å². The van der Waals surface area contributed by atoms with Gasteiger partial charge in [0.15, 0.2) is 0 Å². The largest absolute Gasteiger partial charge is 0.373 e. The molecule has 0 atom stereocenters. The molecule has 0 aliphatic heterocycles. The summed E-state index contributed by atoms with van der Waals surface area (Å²) in [5, 5.41) is 0. The topological polar surface area (TPSA) is 110 Å². The van der Waals surface area contributed by atoms with Gasteiger partial charge in [0.05, 0.1) is 0 Å². The van der Waals surface area contributed by atoms with Crippen molar-refractivity contribution in [1.82, 2.24) is 0 Å². The molecule has 0 saturated heterocycles. The Balaban J connectivity index is 3.75. The van der Waals surface area contributed by atoms with Crippen molar-refractivity contribution in [3.8, 4) is 0 Å². The van der Waals surface area contributed by atoms with E-state index in [-0.39, 0.29) is 0 Å². The predicted octanol–water partition coefficient (Wildman–Crippen LogP) is -1.42. The zero-order valence-electron chi connectivity index (χ0n) is 4.35. The lowest BCUT2D eigenvalue weighted by molar-refractivity contribution is -0.141. The van der Waals surface area contributed by atoms with E-state index >= 15 is 0 Å². The van der Waals surface area contributed by atoms with Crippen molar-refractivity contribution < 1.29 is 24.0 Å². The summed E-state index contributed by atoms with van der Waals surface area (Å²) in [6.45, 7) is 0. The lowest BCUT2D eigenvalue weighted by atomic mass is 10.8. The molecule has 54 valence electrons. The fourth-order valence-corrected chi connectivity index (χ4v) is 0.616. The molecule has 0 aromatic carbocycles. The summed E-state index contributed by atoms with van der Waals surface area (Å²) in [6.07, 6.45) is -0.969. The molecule has 0 aromatic heterocycles. The molecule has 0 heterocycles. The highest BCUT2D eigenvalue weighted by Crippen LogP contribution is 2.33. The van der Waals surface area contributed by atoms with Crippen molar-refractivity contribution in [1.29, 1.82) is 0 Å². The Morgan fingerprint density at radius 2 is 2.11 bits per heavy atom. The fraction of sp³-hybridized carbons (Fsp3) is 0.500. The highest BCUT2D eigenvalue weighted by atomic mass is 31.2. The minimum Gasteiger partial charge on any atom is -0.373 e. The number of nitrogens with two attached hydrogens (primary N) is 1. The van der Waals surface area contributed by atoms with Gasteiger partial charge in [0, 0.05) is 0 Å². The van der Waals surface area contributed by atoms with Gasteiger partial charge in [0.2, 0.25) is 0 Å². The normalized spacial score (nSPS) is 11.0. The second kappa shape index (κ2) is 2.93. The van der Waals surface area contributed by atoms with E-state index in [2.05, 4.69) is 10.7 Å². The van der Waals surface area contributed by atoms with E-state index in [1.54, 1.807) is 0 Å². The highest BCUT2D eigenvalue weighted by Gasteiger charge is 2.19. The molecule has 0 bridgehead atoms. The van der Waals surface area contributed by atoms with Crippen molar-refractivity contribution in [2.45, 2.75) is 0 Å². The zero-order valence-corrected chi connectivity index (χ0v) is 5.25. The molecular weight excluding hydrogens is 149 g/mol. The van der Waals surface area contributed by atoms with Gasteiger partial charge in [0.25, 0.3) is 0 Å². The van der Waals surface area contributed by atoms with E-state index < -0.39 is 19.7 Å². The summed E-state index contributed by atoms with van der Waals surface area (Å²) in [5.41, 5.74) is 0. The van der Waals surface area contributed by atoms with Gasteiger partial charge in [-0.1, -0.05) is 0 Å². The first kappa shape index (κ1) is 8.58. The van der Waals surface area contributed by atoms with Gasteiger partial charge < -0.3 is 14.6 Å². The van der Waals surface area contributed by atoms with Crippen LogP contribution in [0.4, 0.5) is 0 Å². The third kappa shape index (κ3) is 5.45. The molecule has 0 aromatic rings. The van der Waals surface area contributed by atoms with Gasteiger partial charge in [0.1, 0.15) is 6.16 Å².